The van der Waals surface area contributed by atoms with Gasteiger partial charge in [0.05, 0.1) is 13.5 Å². The van der Waals surface area contributed by atoms with Gasteiger partial charge in [-0.15, -0.1) is 0 Å². The monoisotopic (exact) mass is 251 g/mol. The van der Waals surface area contributed by atoms with Gasteiger partial charge in [-0.25, -0.2) is 4.39 Å². The number of benzene rings is 1. The van der Waals surface area contributed by atoms with Gasteiger partial charge in [-0.1, -0.05) is 6.07 Å². The lowest BCUT2D eigenvalue weighted by molar-refractivity contribution is -0.140. The van der Waals surface area contributed by atoms with Gasteiger partial charge in [0, 0.05) is 6.04 Å². The van der Waals surface area contributed by atoms with Crippen LogP contribution in [0.2, 0.25) is 0 Å². The van der Waals surface area contributed by atoms with Crippen molar-refractivity contribution in [1.29, 1.82) is 0 Å². The number of rotatable bonds is 4. The van der Waals surface area contributed by atoms with E-state index in [1.54, 1.807) is 0 Å². The first-order valence-electron chi connectivity index (χ1n) is 4.95. The first-order valence-corrected chi connectivity index (χ1v) is 4.95. The van der Waals surface area contributed by atoms with Gasteiger partial charge in [0.2, 0.25) is 0 Å². The summed E-state index contributed by atoms with van der Waals surface area (Å²) in [6, 6.07) is 2.81. The highest BCUT2D eigenvalue weighted by Crippen LogP contribution is 2.30. The topological polar surface area (TPSA) is 21.3 Å². The zero-order chi connectivity index (χ0) is 13.1. The molecule has 1 aromatic carbocycles. The average molecular weight is 251 g/mol. The second-order valence-electron chi connectivity index (χ2n) is 3.55. The quantitative estimate of drug-likeness (QED) is 0.830. The highest BCUT2D eigenvalue weighted by atomic mass is 19.4. The largest absolute Gasteiger partial charge is 0.494 e. The molecule has 1 atom stereocenters. The van der Waals surface area contributed by atoms with Crippen molar-refractivity contribution >= 4 is 0 Å². The van der Waals surface area contributed by atoms with Crippen LogP contribution in [0.3, 0.4) is 0 Å². The first kappa shape index (κ1) is 13.8. The maximum Gasteiger partial charge on any atom is 0.390 e. The van der Waals surface area contributed by atoms with Crippen LogP contribution in [-0.4, -0.2) is 20.3 Å². The van der Waals surface area contributed by atoms with Gasteiger partial charge in [-0.05, 0) is 24.7 Å². The van der Waals surface area contributed by atoms with Gasteiger partial charge in [0.25, 0.3) is 0 Å². The van der Waals surface area contributed by atoms with Gasteiger partial charge in [0.15, 0.2) is 11.6 Å². The average Bonchev–Trinajstić information content (AvgIpc) is 2.24. The lowest BCUT2D eigenvalue weighted by atomic mass is 10.0. The van der Waals surface area contributed by atoms with Crippen LogP contribution in [0.1, 0.15) is 18.0 Å². The predicted octanol–water partition coefficient (Wildman–Crippen LogP) is 3.05. The highest BCUT2D eigenvalue weighted by molar-refractivity contribution is 5.31. The molecule has 0 aliphatic rings. The van der Waals surface area contributed by atoms with Crippen molar-refractivity contribution in [3.8, 4) is 5.75 Å². The minimum atomic E-state index is -4.30. The van der Waals surface area contributed by atoms with Crippen LogP contribution in [0.4, 0.5) is 17.6 Å². The Hall–Kier alpha value is -1.30. The van der Waals surface area contributed by atoms with Crippen molar-refractivity contribution in [2.45, 2.75) is 18.6 Å². The molecule has 0 spiro atoms. The third kappa shape index (κ3) is 3.89. The van der Waals surface area contributed by atoms with Gasteiger partial charge >= 0.3 is 6.18 Å². The summed E-state index contributed by atoms with van der Waals surface area (Å²) in [6.45, 7) is 0. The molecule has 0 radical (unpaired) electrons. The Morgan fingerprint density at radius 1 is 1.35 bits per heavy atom. The molecule has 1 N–H and O–H groups in total. The van der Waals surface area contributed by atoms with Gasteiger partial charge < -0.3 is 10.1 Å². The van der Waals surface area contributed by atoms with E-state index in [1.165, 1.54) is 26.3 Å². The van der Waals surface area contributed by atoms with Gasteiger partial charge in [0.1, 0.15) is 0 Å². The fourth-order valence-electron chi connectivity index (χ4n) is 1.52. The number of hydrogen-bond donors (Lipinski definition) is 1. The molecule has 1 aromatic rings. The van der Waals surface area contributed by atoms with E-state index in [-0.39, 0.29) is 11.3 Å². The summed E-state index contributed by atoms with van der Waals surface area (Å²) < 4.78 is 54.8. The Labute approximate surface area is 96.6 Å². The normalized spacial score (nSPS) is 13.5. The van der Waals surface area contributed by atoms with E-state index in [9.17, 15) is 17.6 Å². The number of nitrogens with one attached hydrogen (secondary N) is 1. The summed E-state index contributed by atoms with van der Waals surface area (Å²) in [7, 11) is 2.70. The molecule has 17 heavy (non-hydrogen) atoms. The fourth-order valence-corrected chi connectivity index (χ4v) is 1.52. The minimum Gasteiger partial charge on any atom is -0.494 e. The van der Waals surface area contributed by atoms with Crippen molar-refractivity contribution < 1.29 is 22.3 Å². The molecule has 0 amide bonds. The zero-order valence-corrected chi connectivity index (χ0v) is 9.44. The third-order valence-corrected chi connectivity index (χ3v) is 2.36. The van der Waals surface area contributed by atoms with Crippen LogP contribution in [0, 0.1) is 5.82 Å². The number of hydrogen-bond acceptors (Lipinski definition) is 2. The number of ether oxygens (including phenoxy) is 1. The smallest absolute Gasteiger partial charge is 0.390 e. The first-order chi connectivity index (χ1) is 7.87. The molecule has 0 aromatic heterocycles. The molecule has 1 rings (SSSR count). The van der Waals surface area contributed by atoms with Crippen molar-refractivity contribution in [2.24, 2.45) is 0 Å². The minimum absolute atomic E-state index is 0.00983. The predicted molar refractivity (Wildman–Crippen MR) is 55.4 cm³/mol. The van der Waals surface area contributed by atoms with E-state index in [1.807, 2.05) is 0 Å². The second kappa shape index (κ2) is 5.35. The number of halogens is 4. The van der Waals surface area contributed by atoms with E-state index in [2.05, 4.69) is 5.32 Å². The molecule has 6 heteroatoms. The standard InChI is InChI=1S/C11H13F4NO/c1-16-9(6-11(13,14)15)7-3-4-10(17-2)8(12)5-7/h3-5,9,16H,6H2,1-2H3. The van der Waals surface area contributed by atoms with E-state index in [0.29, 0.717) is 0 Å². The summed E-state index contributed by atoms with van der Waals surface area (Å²) in [5.74, 6) is -0.664. The highest BCUT2D eigenvalue weighted by Gasteiger charge is 2.32. The van der Waals surface area contributed by atoms with Crippen molar-refractivity contribution in [3.63, 3.8) is 0 Å². The SMILES string of the molecule is CNC(CC(F)(F)F)c1ccc(OC)c(F)c1. The van der Waals surface area contributed by atoms with Gasteiger partial charge in [-0.3, -0.25) is 0 Å². The summed E-state index contributed by atoms with van der Waals surface area (Å²) in [5.41, 5.74) is 0.239. The molecule has 0 bridgehead atoms. The maximum absolute atomic E-state index is 13.3. The van der Waals surface area contributed by atoms with E-state index >= 15 is 0 Å². The Kier molecular flexibility index (Phi) is 4.34. The molecule has 1 unspecified atom stereocenters. The molecule has 96 valence electrons. The molecular weight excluding hydrogens is 238 g/mol. The lowest BCUT2D eigenvalue weighted by Gasteiger charge is -2.18. The Morgan fingerprint density at radius 2 is 2.00 bits per heavy atom. The van der Waals surface area contributed by atoms with Crippen LogP contribution in [0.25, 0.3) is 0 Å². The molecule has 0 heterocycles. The van der Waals surface area contributed by atoms with Crippen molar-refractivity contribution in [3.05, 3.63) is 29.6 Å². The molecule has 0 aliphatic heterocycles. The molecular formula is C11H13F4NO. The van der Waals surface area contributed by atoms with Crippen molar-refractivity contribution in [2.75, 3.05) is 14.2 Å². The Bertz CT molecular complexity index is 378. The van der Waals surface area contributed by atoms with Crippen LogP contribution >= 0.6 is 0 Å². The summed E-state index contributed by atoms with van der Waals surface area (Å²) in [6.07, 6.45) is -5.35. The summed E-state index contributed by atoms with van der Waals surface area (Å²) >= 11 is 0. The van der Waals surface area contributed by atoms with Crippen LogP contribution < -0.4 is 10.1 Å². The molecule has 0 saturated carbocycles. The van der Waals surface area contributed by atoms with E-state index in [4.69, 9.17) is 4.74 Å². The summed E-state index contributed by atoms with van der Waals surface area (Å²) in [4.78, 5) is 0. The maximum atomic E-state index is 13.3. The van der Waals surface area contributed by atoms with Crippen LogP contribution in [-0.2, 0) is 0 Å². The van der Waals surface area contributed by atoms with E-state index in [0.717, 1.165) is 6.07 Å². The van der Waals surface area contributed by atoms with Crippen molar-refractivity contribution in [1.82, 2.24) is 5.32 Å². The second-order valence-corrected chi connectivity index (χ2v) is 3.55. The molecule has 0 saturated heterocycles. The number of alkyl halides is 3. The zero-order valence-electron chi connectivity index (χ0n) is 9.44. The number of methoxy groups -OCH3 is 1. The third-order valence-electron chi connectivity index (χ3n) is 2.36. The lowest BCUT2D eigenvalue weighted by Crippen LogP contribution is -2.23. The van der Waals surface area contributed by atoms with Crippen LogP contribution in [0.5, 0.6) is 5.75 Å². The van der Waals surface area contributed by atoms with E-state index < -0.39 is 24.5 Å². The summed E-state index contributed by atoms with van der Waals surface area (Å²) in [5, 5.41) is 2.51. The molecule has 0 aliphatic carbocycles. The fraction of sp³-hybridized carbons (Fsp3) is 0.455. The molecule has 2 nitrogen and oxygen atoms in total. The Balaban J connectivity index is 2.93. The van der Waals surface area contributed by atoms with Gasteiger partial charge in [-0.2, -0.15) is 13.2 Å². The Morgan fingerprint density at radius 3 is 2.41 bits per heavy atom. The van der Waals surface area contributed by atoms with Crippen LogP contribution in [0.15, 0.2) is 18.2 Å². The molecule has 0 fully saturated rings.